The van der Waals surface area contributed by atoms with Crippen molar-refractivity contribution < 1.29 is 4.74 Å². The molecule has 1 aromatic heterocycles. The van der Waals surface area contributed by atoms with E-state index in [1.54, 1.807) is 0 Å². The van der Waals surface area contributed by atoms with Gasteiger partial charge in [0.1, 0.15) is 0 Å². The van der Waals surface area contributed by atoms with Gasteiger partial charge in [-0.15, -0.1) is 0 Å². The van der Waals surface area contributed by atoms with Crippen molar-refractivity contribution in [3.63, 3.8) is 0 Å². The van der Waals surface area contributed by atoms with Gasteiger partial charge in [-0.3, -0.25) is 0 Å². The number of hydrogen-bond donors (Lipinski definition) is 1. The largest absolute Gasteiger partial charge is 0.461 e. The summed E-state index contributed by atoms with van der Waals surface area (Å²) in [5.41, 5.74) is 5.76. The zero-order valence-electron chi connectivity index (χ0n) is 12.6. The van der Waals surface area contributed by atoms with Gasteiger partial charge in [0, 0.05) is 23.6 Å². The van der Waals surface area contributed by atoms with Gasteiger partial charge in [-0.1, -0.05) is 13.8 Å². The van der Waals surface area contributed by atoms with E-state index in [0.717, 1.165) is 25.3 Å². The van der Waals surface area contributed by atoms with Crippen LogP contribution in [0.3, 0.4) is 0 Å². The van der Waals surface area contributed by atoms with E-state index in [1.807, 2.05) is 25.6 Å². The Morgan fingerprint density at radius 1 is 1.25 bits per heavy atom. The van der Waals surface area contributed by atoms with Crippen LogP contribution in [0.25, 0.3) is 0 Å². The fourth-order valence-electron chi connectivity index (χ4n) is 1.99. The molecule has 2 heterocycles. The molecular weight excluding hydrogens is 274 g/mol. The van der Waals surface area contributed by atoms with E-state index < -0.39 is 0 Å². The molecule has 1 saturated heterocycles. The number of nitrogens with zero attached hydrogens (tertiary/aromatic N) is 4. The Bertz CT molecular complexity index is 466. The first-order valence-electron chi connectivity index (χ1n) is 6.93. The monoisotopic (exact) mass is 297 g/mol. The van der Waals surface area contributed by atoms with E-state index in [-0.39, 0.29) is 12.1 Å². The smallest absolute Gasteiger partial charge is 0.323 e. The average molecular weight is 297 g/mol. The molecule has 0 unspecified atom stereocenters. The molecule has 0 amide bonds. The first kappa shape index (κ1) is 15.2. The van der Waals surface area contributed by atoms with E-state index in [9.17, 15) is 0 Å². The normalized spacial score (nSPS) is 18.9. The van der Waals surface area contributed by atoms with Gasteiger partial charge in [0.05, 0.1) is 6.10 Å². The first-order valence-corrected chi connectivity index (χ1v) is 7.91. The lowest BCUT2D eigenvalue weighted by atomic mass is 10.1. The maximum absolute atomic E-state index is 5.76. The number of nitrogens with two attached hydrogens (primary N) is 1. The van der Waals surface area contributed by atoms with E-state index in [0.29, 0.717) is 16.7 Å². The maximum atomic E-state index is 5.76. The molecule has 0 spiro atoms. The number of rotatable bonds is 3. The molecule has 0 aliphatic carbocycles. The second-order valence-electron chi connectivity index (χ2n) is 5.79. The number of nitrogen functional groups attached to an aromatic ring is 1. The van der Waals surface area contributed by atoms with Crippen LogP contribution in [0.4, 0.5) is 11.9 Å². The number of anilines is 2. The van der Waals surface area contributed by atoms with Gasteiger partial charge in [0.15, 0.2) is 0 Å². The molecule has 0 aromatic carbocycles. The van der Waals surface area contributed by atoms with E-state index in [2.05, 4.69) is 33.7 Å². The summed E-state index contributed by atoms with van der Waals surface area (Å²) in [5, 5.41) is 0. The Morgan fingerprint density at radius 2 is 2.00 bits per heavy atom. The summed E-state index contributed by atoms with van der Waals surface area (Å²) in [6, 6.07) is 0.304. The second kappa shape index (κ2) is 6.03. The molecule has 1 aliphatic rings. The molecule has 20 heavy (non-hydrogen) atoms. The van der Waals surface area contributed by atoms with E-state index >= 15 is 0 Å². The number of ether oxygens (including phenoxy) is 1. The minimum absolute atomic E-state index is 0.0169. The Labute approximate surface area is 124 Å². The standard InChI is InChI=1S/C13H23N5OS/c1-9(2)19-12-16-10(14)15-11(17-12)18-6-5-13(3,4)20-8-7-18/h9H,5-8H2,1-4H3,(H2,14,15,16,17). The summed E-state index contributed by atoms with van der Waals surface area (Å²) in [6.07, 6.45) is 1.10. The molecule has 0 atom stereocenters. The predicted molar refractivity (Wildman–Crippen MR) is 83.4 cm³/mol. The quantitative estimate of drug-likeness (QED) is 0.913. The number of thioether (sulfide) groups is 1. The van der Waals surface area contributed by atoms with Gasteiger partial charge in [0.2, 0.25) is 11.9 Å². The average Bonchev–Trinajstić information content (AvgIpc) is 2.48. The van der Waals surface area contributed by atoms with Gasteiger partial charge >= 0.3 is 6.01 Å². The third-order valence-corrected chi connectivity index (χ3v) is 4.45. The fraction of sp³-hybridized carbons (Fsp3) is 0.769. The van der Waals surface area contributed by atoms with Gasteiger partial charge in [-0.2, -0.15) is 26.7 Å². The van der Waals surface area contributed by atoms with Gasteiger partial charge in [-0.05, 0) is 20.3 Å². The lowest BCUT2D eigenvalue weighted by Gasteiger charge is -2.22. The number of aromatic nitrogens is 3. The summed E-state index contributed by atoms with van der Waals surface area (Å²) in [5.74, 6) is 1.88. The Hall–Kier alpha value is -1.24. The predicted octanol–water partition coefficient (Wildman–Crippen LogP) is 1.96. The zero-order valence-corrected chi connectivity index (χ0v) is 13.4. The molecule has 0 saturated carbocycles. The van der Waals surface area contributed by atoms with Crippen LogP contribution in [-0.2, 0) is 0 Å². The van der Waals surface area contributed by atoms with Crippen molar-refractivity contribution in [2.75, 3.05) is 29.5 Å². The molecule has 0 radical (unpaired) electrons. The zero-order chi connectivity index (χ0) is 14.8. The molecule has 1 fully saturated rings. The second-order valence-corrected chi connectivity index (χ2v) is 7.59. The highest BCUT2D eigenvalue weighted by Gasteiger charge is 2.25. The first-order chi connectivity index (χ1) is 9.35. The van der Waals surface area contributed by atoms with E-state index in [1.165, 1.54) is 0 Å². The molecule has 0 bridgehead atoms. The fourth-order valence-corrected chi connectivity index (χ4v) is 3.09. The van der Waals surface area contributed by atoms with Crippen LogP contribution in [0.2, 0.25) is 0 Å². The van der Waals surface area contributed by atoms with Crippen molar-refractivity contribution in [2.24, 2.45) is 0 Å². The Morgan fingerprint density at radius 3 is 2.70 bits per heavy atom. The molecule has 7 heteroatoms. The highest BCUT2D eigenvalue weighted by Crippen LogP contribution is 2.31. The molecule has 2 rings (SSSR count). The molecular formula is C13H23N5OS. The highest BCUT2D eigenvalue weighted by molar-refractivity contribution is 8.00. The summed E-state index contributed by atoms with van der Waals surface area (Å²) >= 11 is 1.98. The van der Waals surface area contributed by atoms with Crippen molar-refractivity contribution in [2.45, 2.75) is 45.0 Å². The summed E-state index contributed by atoms with van der Waals surface area (Å²) in [6.45, 7) is 10.3. The van der Waals surface area contributed by atoms with Crippen molar-refractivity contribution in [3.8, 4) is 6.01 Å². The summed E-state index contributed by atoms with van der Waals surface area (Å²) in [4.78, 5) is 14.8. The summed E-state index contributed by atoms with van der Waals surface area (Å²) < 4.78 is 5.82. The van der Waals surface area contributed by atoms with Crippen LogP contribution < -0.4 is 15.4 Å². The SMILES string of the molecule is CC(C)Oc1nc(N)nc(N2CCSC(C)(C)CC2)n1. The molecule has 2 N–H and O–H groups in total. The molecule has 112 valence electrons. The van der Waals surface area contributed by atoms with Gasteiger partial charge in [-0.25, -0.2) is 0 Å². The topological polar surface area (TPSA) is 77.2 Å². The van der Waals surface area contributed by atoms with Crippen molar-refractivity contribution in [3.05, 3.63) is 0 Å². The van der Waals surface area contributed by atoms with Crippen LogP contribution in [0.15, 0.2) is 0 Å². The van der Waals surface area contributed by atoms with E-state index in [4.69, 9.17) is 10.5 Å². The van der Waals surface area contributed by atoms with Crippen molar-refractivity contribution >= 4 is 23.7 Å². The van der Waals surface area contributed by atoms with Crippen LogP contribution in [0.5, 0.6) is 6.01 Å². The van der Waals surface area contributed by atoms with Crippen LogP contribution in [0, 0.1) is 0 Å². The van der Waals surface area contributed by atoms with Gasteiger partial charge in [0.25, 0.3) is 0 Å². The van der Waals surface area contributed by atoms with Crippen LogP contribution >= 0.6 is 11.8 Å². The van der Waals surface area contributed by atoms with Crippen LogP contribution in [0.1, 0.15) is 34.1 Å². The third-order valence-electron chi connectivity index (χ3n) is 3.08. The molecule has 6 nitrogen and oxygen atoms in total. The van der Waals surface area contributed by atoms with Crippen molar-refractivity contribution in [1.29, 1.82) is 0 Å². The Kier molecular flexibility index (Phi) is 4.57. The minimum atomic E-state index is 0.0169. The molecule has 1 aromatic rings. The van der Waals surface area contributed by atoms with Crippen molar-refractivity contribution in [1.82, 2.24) is 15.0 Å². The van der Waals surface area contributed by atoms with Crippen LogP contribution in [-0.4, -0.2) is 44.6 Å². The Balaban J connectivity index is 2.17. The number of hydrogen-bond acceptors (Lipinski definition) is 7. The van der Waals surface area contributed by atoms with Gasteiger partial charge < -0.3 is 15.4 Å². The molecule has 1 aliphatic heterocycles. The summed E-state index contributed by atoms with van der Waals surface area (Å²) in [7, 11) is 0. The maximum Gasteiger partial charge on any atom is 0.323 e. The lowest BCUT2D eigenvalue weighted by Crippen LogP contribution is -2.29. The third kappa shape index (κ3) is 4.13. The highest BCUT2D eigenvalue weighted by atomic mass is 32.2. The lowest BCUT2D eigenvalue weighted by molar-refractivity contribution is 0.222. The minimum Gasteiger partial charge on any atom is -0.461 e.